The van der Waals surface area contributed by atoms with E-state index >= 15 is 0 Å². The lowest BCUT2D eigenvalue weighted by Crippen LogP contribution is -2.25. The Morgan fingerprint density at radius 1 is 1.40 bits per heavy atom. The maximum atomic E-state index is 12.5. The number of aliphatic hydroxyl groups excluding tert-OH is 1. The Labute approximate surface area is 122 Å². The van der Waals surface area contributed by atoms with E-state index in [1.165, 1.54) is 11.4 Å². The van der Waals surface area contributed by atoms with Crippen molar-refractivity contribution in [3.8, 4) is 0 Å². The minimum absolute atomic E-state index is 0.142. The Balaban J connectivity index is 2.27. The topological polar surface area (TPSA) is 70.8 Å². The zero-order valence-corrected chi connectivity index (χ0v) is 13.2. The molecule has 0 aromatic carbocycles. The highest BCUT2D eigenvalue weighted by Crippen LogP contribution is 2.28. The van der Waals surface area contributed by atoms with Crippen LogP contribution in [0.3, 0.4) is 0 Å². The van der Waals surface area contributed by atoms with Gasteiger partial charge in [0.25, 0.3) is 10.0 Å². The Hall–Kier alpha value is -1.15. The van der Waals surface area contributed by atoms with Gasteiger partial charge in [-0.25, -0.2) is 8.42 Å². The second kappa shape index (κ2) is 5.69. The Bertz CT molecular complexity index is 700. The summed E-state index contributed by atoms with van der Waals surface area (Å²) in [4.78, 5) is 0.677. The molecule has 2 aromatic rings. The molecular weight excluding hydrogens is 298 g/mol. The van der Waals surface area contributed by atoms with Gasteiger partial charge in [-0.05, 0) is 31.5 Å². The van der Waals surface area contributed by atoms with E-state index in [0.717, 1.165) is 22.5 Å². The van der Waals surface area contributed by atoms with Crippen molar-refractivity contribution >= 4 is 21.4 Å². The smallest absolute Gasteiger partial charge is 0.252 e. The molecule has 0 saturated heterocycles. The first-order valence-corrected chi connectivity index (χ1v) is 8.31. The largest absolute Gasteiger partial charge is 0.469 e. The lowest BCUT2D eigenvalue weighted by molar-refractivity contribution is 0.285. The molecule has 20 heavy (non-hydrogen) atoms. The van der Waals surface area contributed by atoms with Crippen LogP contribution >= 0.6 is 11.3 Å². The van der Waals surface area contributed by atoms with E-state index in [9.17, 15) is 8.42 Å². The number of rotatable bonds is 5. The second-order valence-electron chi connectivity index (χ2n) is 4.59. The van der Waals surface area contributed by atoms with Gasteiger partial charge in [0.15, 0.2) is 0 Å². The molecule has 110 valence electrons. The molecule has 2 aromatic heterocycles. The maximum Gasteiger partial charge on any atom is 0.252 e. The van der Waals surface area contributed by atoms with Crippen molar-refractivity contribution in [1.82, 2.24) is 4.31 Å². The quantitative estimate of drug-likeness (QED) is 0.919. The van der Waals surface area contributed by atoms with Crippen molar-refractivity contribution in [3.63, 3.8) is 0 Å². The minimum atomic E-state index is -3.54. The standard InChI is InChI=1S/C13H17NO4S2/c1-9-6-13(19-12(9)8-15)20(16,17)14(3)7-11-4-5-18-10(11)2/h4-6,15H,7-8H2,1-3H3. The zero-order valence-electron chi connectivity index (χ0n) is 11.6. The van der Waals surface area contributed by atoms with Gasteiger partial charge in [0, 0.05) is 24.0 Å². The van der Waals surface area contributed by atoms with Crippen molar-refractivity contribution in [2.45, 2.75) is 31.2 Å². The molecule has 0 fully saturated rings. The molecule has 0 bridgehead atoms. The van der Waals surface area contributed by atoms with E-state index in [-0.39, 0.29) is 17.4 Å². The van der Waals surface area contributed by atoms with Gasteiger partial charge in [-0.2, -0.15) is 4.31 Å². The fraction of sp³-hybridized carbons (Fsp3) is 0.385. The molecule has 0 aliphatic rings. The number of hydrogen-bond acceptors (Lipinski definition) is 5. The third-order valence-electron chi connectivity index (χ3n) is 3.17. The van der Waals surface area contributed by atoms with Gasteiger partial charge < -0.3 is 9.52 Å². The van der Waals surface area contributed by atoms with E-state index in [1.54, 1.807) is 32.2 Å². The van der Waals surface area contributed by atoms with Gasteiger partial charge in [0.05, 0.1) is 12.9 Å². The SMILES string of the molecule is Cc1cc(S(=O)(=O)N(C)Cc2ccoc2C)sc1CO. The molecule has 0 spiro atoms. The molecule has 2 rings (SSSR count). The molecule has 7 heteroatoms. The van der Waals surface area contributed by atoms with E-state index in [1.807, 2.05) is 0 Å². The molecular formula is C13H17NO4S2. The number of aryl methyl sites for hydroxylation is 2. The van der Waals surface area contributed by atoms with Crippen LogP contribution in [0.4, 0.5) is 0 Å². The van der Waals surface area contributed by atoms with Crippen LogP contribution in [0.25, 0.3) is 0 Å². The first kappa shape index (κ1) is 15.2. The van der Waals surface area contributed by atoms with Crippen LogP contribution in [0.15, 0.2) is 27.0 Å². The highest BCUT2D eigenvalue weighted by molar-refractivity contribution is 7.91. The fourth-order valence-corrected chi connectivity index (χ4v) is 4.64. The lowest BCUT2D eigenvalue weighted by atomic mass is 10.3. The number of aliphatic hydroxyl groups is 1. The van der Waals surface area contributed by atoms with Crippen molar-refractivity contribution in [2.24, 2.45) is 0 Å². The van der Waals surface area contributed by atoms with E-state index in [2.05, 4.69) is 0 Å². The van der Waals surface area contributed by atoms with Gasteiger partial charge in [0.2, 0.25) is 0 Å². The van der Waals surface area contributed by atoms with Crippen LogP contribution in [-0.2, 0) is 23.2 Å². The summed E-state index contributed by atoms with van der Waals surface area (Å²) in [5.41, 5.74) is 1.63. The van der Waals surface area contributed by atoms with Gasteiger partial charge in [-0.3, -0.25) is 0 Å². The number of hydrogen-bond donors (Lipinski definition) is 1. The third-order valence-corrected chi connectivity index (χ3v) is 6.64. The van der Waals surface area contributed by atoms with Crippen LogP contribution in [-0.4, -0.2) is 24.9 Å². The minimum Gasteiger partial charge on any atom is -0.469 e. The molecule has 0 amide bonds. The van der Waals surface area contributed by atoms with Gasteiger partial charge >= 0.3 is 0 Å². The molecule has 5 nitrogen and oxygen atoms in total. The maximum absolute atomic E-state index is 12.5. The van der Waals surface area contributed by atoms with Crippen molar-refractivity contribution in [3.05, 3.63) is 40.2 Å². The number of nitrogens with zero attached hydrogens (tertiary/aromatic N) is 1. The van der Waals surface area contributed by atoms with Crippen molar-refractivity contribution in [2.75, 3.05) is 7.05 Å². The number of furan rings is 1. The number of sulfonamides is 1. The molecule has 1 N–H and O–H groups in total. The average molecular weight is 315 g/mol. The molecule has 0 atom stereocenters. The van der Waals surface area contributed by atoms with Crippen molar-refractivity contribution in [1.29, 1.82) is 0 Å². The van der Waals surface area contributed by atoms with Crippen LogP contribution in [0, 0.1) is 13.8 Å². The van der Waals surface area contributed by atoms with Crippen molar-refractivity contribution < 1.29 is 17.9 Å². The summed E-state index contributed by atoms with van der Waals surface area (Å²) < 4.78 is 31.7. The Kier molecular flexibility index (Phi) is 4.33. The zero-order chi connectivity index (χ0) is 14.9. The highest BCUT2D eigenvalue weighted by atomic mass is 32.2. The molecule has 0 aliphatic heterocycles. The van der Waals surface area contributed by atoms with Crippen LogP contribution in [0.5, 0.6) is 0 Å². The molecule has 0 saturated carbocycles. The summed E-state index contributed by atoms with van der Waals surface area (Å²) >= 11 is 1.11. The van der Waals surface area contributed by atoms with E-state index in [4.69, 9.17) is 9.52 Å². The van der Waals surface area contributed by atoms with Crippen LogP contribution in [0.1, 0.15) is 21.8 Å². The normalized spacial score (nSPS) is 12.2. The Morgan fingerprint density at radius 2 is 2.10 bits per heavy atom. The first-order chi connectivity index (χ1) is 9.36. The predicted octanol–water partition coefficient (Wildman–Crippen LogP) is 2.27. The first-order valence-electron chi connectivity index (χ1n) is 6.05. The van der Waals surface area contributed by atoms with Gasteiger partial charge in [0.1, 0.15) is 9.97 Å². The molecule has 2 heterocycles. The summed E-state index contributed by atoms with van der Waals surface area (Å²) in [7, 11) is -2.01. The van der Waals surface area contributed by atoms with Gasteiger partial charge in [-0.15, -0.1) is 11.3 Å². The highest BCUT2D eigenvalue weighted by Gasteiger charge is 2.24. The van der Waals surface area contributed by atoms with E-state index < -0.39 is 10.0 Å². The summed E-state index contributed by atoms with van der Waals surface area (Å²) in [5, 5.41) is 9.17. The summed E-state index contributed by atoms with van der Waals surface area (Å²) in [6, 6.07) is 3.37. The van der Waals surface area contributed by atoms with Crippen LogP contribution < -0.4 is 0 Å². The van der Waals surface area contributed by atoms with Crippen LogP contribution in [0.2, 0.25) is 0 Å². The third kappa shape index (κ3) is 2.80. The fourth-order valence-electron chi connectivity index (χ4n) is 1.83. The summed E-state index contributed by atoms with van der Waals surface area (Å²) in [6.07, 6.45) is 1.55. The predicted molar refractivity (Wildman–Crippen MR) is 77.1 cm³/mol. The molecule has 0 unspecified atom stereocenters. The average Bonchev–Trinajstić information content (AvgIpc) is 2.96. The Morgan fingerprint density at radius 3 is 2.60 bits per heavy atom. The summed E-state index contributed by atoms with van der Waals surface area (Å²) in [5.74, 6) is 0.713. The second-order valence-corrected chi connectivity index (χ2v) is 8.00. The van der Waals surface area contributed by atoms with E-state index in [0.29, 0.717) is 10.6 Å². The summed E-state index contributed by atoms with van der Waals surface area (Å²) in [6.45, 7) is 3.71. The lowest BCUT2D eigenvalue weighted by Gasteiger charge is -2.15. The van der Waals surface area contributed by atoms with Gasteiger partial charge in [-0.1, -0.05) is 0 Å². The number of thiophene rings is 1. The molecule has 0 radical (unpaired) electrons. The molecule has 0 aliphatic carbocycles. The monoisotopic (exact) mass is 315 g/mol.